The summed E-state index contributed by atoms with van der Waals surface area (Å²) in [5, 5.41) is 9.97. The van der Waals surface area contributed by atoms with Gasteiger partial charge in [0.2, 0.25) is 0 Å². The standard InChI is InChI=1S/C10H15BrO3/c1-6(2)9(13-3)8(12)10-7(11)4-5-14-10/h4-6,8-9,12H,1-3H3. The molecule has 0 saturated carbocycles. The van der Waals surface area contributed by atoms with E-state index in [1.165, 1.54) is 6.26 Å². The molecule has 80 valence electrons. The quantitative estimate of drug-likeness (QED) is 0.908. The Morgan fingerprint density at radius 3 is 2.50 bits per heavy atom. The first-order valence-corrected chi connectivity index (χ1v) is 5.31. The molecule has 1 heterocycles. The van der Waals surface area contributed by atoms with Crippen molar-refractivity contribution in [3.8, 4) is 0 Å². The zero-order valence-electron chi connectivity index (χ0n) is 8.53. The molecule has 1 rings (SSSR count). The van der Waals surface area contributed by atoms with Crippen LogP contribution >= 0.6 is 15.9 Å². The fraction of sp³-hybridized carbons (Fsp3) is 0.600. The van der Waals surface area contributed by atoms with E-state index >= 15 is 0 Å². The Balaban J connectivity index is 2.83. The molecule has 0 bridgehead atoms. The Bertz CT molecular complexity index is 283. The van der Waals surface area contributed by atoms with Crippen molar-refractivity contribution in [3.05, 3.63) is 22.6 Å². The third-order valence-corrected chi connectivity index (χ3v) is 2.81. The predicted octanol–water partition coefficient (Wildman–Crippen LogP) is 2.75. The summed E-state index contributed by atoms with van der Waals surface area (Å²) in [7, 11) is 1.59. The van der Waals surface area contributed by atoms with Gasteiger partial charge >= 0.3 is 0 Å². The van der Waals surface area contributed by atoms with Gasteiger partial charge in [-0.25, -0.2) is 0 Å². The summed E-state index contributed by atoms with van der Waals surface area (Å²) in [4.78, 5) is 0. The van der Waals surface area contributed by atoms with E-state index in [1.54, 1.807) is 13.2 Å². The SMILES string of the molecule is COC(C(C)C)C(O)c1occc1Br. The molecule has 0 aliphatic heterocycles. The second-order valence-electron chi connectivity index (χ2n) is 3.52. The Kier molecular flexibility index (Phi) is 4.16. The molecule has 2 atom stereocenters. The summed E-state index contributed by atoms with van der Waals surface area (Å²) in [5.41, 5.74) is 0. The van der Waals surface area contributed by atoms with Gasteiger partial charge in [-0.2, -0.15) is 0 Å². The lowest BCUT2D eigenvalue weighted by Crippen LogP contribution is -2.26. The Morgan fingerprint density at radius 1 is 1.50 bits per heavy atom. The predicted molar refractivity (Wildman–Crippen MR) is 57.0 cm³/mol. The van der Waals surface area contributed by atoms with E-state index in [4.69, 9.17) is 9.15 Å². The lowest BCUT2D eigenvalue weighted by Gasteiger charge is -2.23. The molecule has 0 saturated heterocycles. The van der Waals surface area contributed by atoms with Gasteiger partial charge in [0.25, 0.3) is 0 Å². The van der Waals surface area contributed by atoms with E-state index in [0.717, 1.165) is 4.47 Å². The molecule has 2 unspecified atom stereocenters. The van der Waals surface area contributed by atoms with Gasteiger partial charge in [0, 0.05) is 7.11 Å². The topological polar surface area (TPSA) is 42.6 Å². The van der Waals surface area contributed by atoms with Crippen LogP contribution in [0.25, 0.3) is 0 Å². The van der Waals surface area contributed by atoms with Crippen molar-refractivity contribution in [2.24, 2.45) is 5.92 Å². The number of ether oxygens (including phenoxy) is 1. The zero-order chi connectivity index (χ0) is 10.7. The van der Waals surface area contributed by atoms with E-state index in [9.17, 15) is 5.11 Å². The lowest BCUT2D eigenvalue weighted by atomic mass is 10.00. The van der Waals surface area contributed by atoms with E-state index in [0.29, 0.717) is 5.76 Å². The number of aliphatic hydroxyl groups is 1. The maximum atomic E-state index is 9.97. The van der Waals surface area contributed by atoms with Crippen LogP contribution < -0.4 is 0 Å². The minimum atomic E-state index is -0.732. The monoisotopic (exact) mass is 262 g/mol. The average molecular weight is 263 g/mol. The van der Waals surface area contributed by atoms with Gasteiger partial charge < -0.3 is 14.3 Å². The highest BCUT2D eigenvalue weighted by Crippen LogP contribution is 2.30. The van der Waals surface area contributed by atoms with Crippen molar-refractivity contribution in [3.63, 3.8) is 0 Å². The summed E-state index contributed by atoms with van der Waals surface area (Å²) in [6.07, 6.45) is 0.553. The van der Waals surface area contributed by atoms with Gasteiger partial charge in [0.05, 0.1) is 16.8 Å². The summed E-state index contributed by atoms with van der Waals surface area (Å²) in [6, 6.07) is 1.76. The highest BCUT2D eigenvalue weighted by atomic mass is 79.9. The molecule has 1 aromatic rings. The third-order valence-electron chi connectivity index (χ3n) is 2.15. The molecule has 0 aliphatic carbocycles. The molecule has 1 N–H and O–H groups in total. The van der Waals surface area contributed by atoms with E-state index in [2.05, 4.69) is 15.9 Å². The molecule has 0 fully saturated rings. The number of rotatable bonds is 4. The fourth-order valence-corrected chi connectivity index (χ4v) is 1.87. The van der Waals surface area contributed by atoms with Crippen LogP contribution in [0.2, 0.25) is 0 Å². The number of aliphatic hydroxyl groups excluding tert-OH is 1. The van der Waals surface area contributed by atoms with Gasteiger partial charge in [0.1, 0.15) is 11.9 Å². The molecule has 0 radical (unpaired) electrons. The molecule has 0 aromatic carbocycles. The van der Waals surface area contributed by atoms with Crippen LogP contribution in [0, 0.1) is 5.92 Å². The number of hydrogen-bond acceptors (Lipinski definition) is 3. The van der Waals surface area contributed by atoms with Crippen LogP contribution in [-0.4, -0.2) is 18.3 Å². The van der Waals surface area contributed by atoms with Crippen LogP contribution in [0.15, 0.2) is 21.2 Å². The van der Waals surface area contributed by atoms with Crippen LogP contribution in [0.1, 0.15) is 25.7 Å². The number of methoxy groups -OCH3 is 1. The van der Waals surface area contributed by atoms with Crippen molar-refractivity contribution in [2.45, 2.75) is 26.1 Å². The molecular weight excluding hydrogens is 248 g/mol. The highest BCUT2D eigenvalue weighted by Gasteiger charge is 2.27. The van der Waals surface area contributed by atoms with Gasteiger partial charge in [-0.15, -0.1) is 0 Å². The lowest BCUT2D eigenvalue weighted by molar-refractivity contribution is -0.0483. The Labute approximate surface area is 92.2 Å². The van der Waals surface area contributed by atoms with Crippen molar-refractivity contribution in [1.82, 2.24) is 0 Å². The second-order valence-corrected chi connectivity index (χ2v) is 4.38. The largest absolute Gasteiger partial charge is 0.465 e. The second kappa shape index (κ2) is 4.96. The molecule has 0 aliphatic rings. The minimum absolute atomic E-state index is 0.229. The molecule has 3 nitrogen and oxygen atoms in total. The smallest absolute Gasteiger partial charge is 0.149 e. The minimum Gasteiger partial charge on any atom is -0.465 e. The third kappa shape index (κ3) is 2.38. The van der Waals surface area contributed by atoms with Crippen LogP contribution in [0.4, 0.5) is 0 Å². The van der Waals surface area contributed by atoms with Crippen molar-refractivity contribution >= 4 is 15.9 Å². The molecule has 14 heavy (non-hydrogen) atoms. The first kappa shape index (κ1) is 11.8. The molecular formula is C10H15BrO3. The van der Waals surface area contributed by atoms with Crippen LogP contribution in [0.3, 0.4) is 0 Å². The van der Waals surface area contributed by atoms with E-state index in [1.807, 2.05) is 13.8 Å². The zero-order valence-corrected chi connectivity index (χ0v) is 10.1. The van der Waals surface area contributed by atoms with Gasteiger partial charge in [-0.05, 0) is 27.9 Å². The molecule has 4 heteroatoms. The van der Waals surface area contributed by atoms with Crippen LogP contribution in [0.5, 0.6) is 0 Å². The van der Waals surface area contributed by atoms with E-state index < -0.39 is 6.10 Å². The van der Waals surface area contributed by atoms with E-state index in [-0.39, 0.29) is 12.0 Å². The molecule has 0 amide bonds. The number of furan rings is 1. The summed E-state index contributed by atoms with van der Waals surface area (Å²) >= 11 is 3.30. The highest BCUT2D eigenvalue weighted by molar-refractivity contribution is 9.10. The molecule has 0 spiro atoms. The summed E-state index contributed by atoms with van der Waals surface area (Å²) in [6.45, 7) is 3.99. The van der Waals surface area contributed by atoms with Gasteiger partial charge in [0.15, 0.2) is 0 Å². The van der Waals surface area contributed by atoms with Gasteiger partial charge in [-0.3, -0.25) is 0 Å². The van der Waals surface area contributed by atoms with Crippen molar-refractivity contribution < 1.29 is 14.3 Å². The summed E-state index contributed by atoms with van der Waals surface area (Å²) in [5.74, 6) is 0.748. The van der Waals surface area contributed by atoms with Crippen molar-refractivity contribution in [2.75, 3.05) is 7.11 Å². The fourth-order valence-electron chi connectivity index (χ4n) is 1.43. The average Bonchev–Trinajstić information content (AvgIpc) is 2.51. The first-order valence-electron chi connectivity index (χ1n) is 4.51. The Hall–Kier alpha value is -0.320. The number of hydrogen-bond donors (Lipinski definition) is 1. The normalized spacial score (nSPS) is 15.9. The Morgan fingerprint density at radius 2 is 2.14 bits per heavy atom. The summed E-state index contributed by atoms with van der Waals surface area (Å²) < 4.78 is 11.2. The number of halogens is 1. The maximum Gasteiger partial charge on any atom is 0.149 e. The first-order chi connectivity index (χ1) is 6.57. The maximum absolute atomic E-state index is 9.97. The van der Waals surface area contributed by atoms with Crippen LogP contribution in [-0.2, 0) is 4.74 Å². The molecule has 1 aromatic heterocycles. The van der Waals surface area contributed by atoms with Crippen molar-refractivity contribution in [1.29, 1.82) is 0 Å². The van der Waals surface area contributed by atoms with Gasteiger partial charge in [-0.1, -0.05) is 13.8 Å².